The molecule has 0 N–H and O–H groups in total. The Balaban J connectivity index is 1.41. The number of anilines is 1. The van der Waals surface area contributed by atoms with E-state index >= 15 is 0 Å². The monoisotopic (exact) mass is 496 g/mol. The smallest absolute Gasteiger partial charge is 0.369 e. The van der Waals surface area contributed by atoms with Crippen molar-refractivity contribution >= 4 is 42.9 Å². The van der Waals surface area contributed by atoms with Crippen LogP contribution in [0.2, 0.25) is 0 Å². The molecule has 1 aromatic heterocycles. The number of aromatic nitrogens is 1. The van der Waals surface area contributed by atoms with E-state index < -0.39 is 21.8 Å². The largest absolute Gasteiger partial charge is 0.474 e. The highest BCUT2D eigenvalue weighted by Gasteiger charge is 2.39. The lowest BCUT2D eigenvalue weighted by atomic mass is 10.1. The van der Waals surface area contributed by atoms with Crippen molar-refractivity contribution in [2.45, 2.75) is 24.0 Å². The molecule has 1 aliphatic rings. The molecule has 1 aliphatic heterocycles. The Morgan fingerprint density at radius 3 is 2.42 bits per heavy atom. The molecule has 2 heterocycles. The molecule has 3 aromatic rings. The van der Waals surface area contributed by atoms with Crippen molar-refractivity contribution in [1.29, 1.82) is 0 Å². The summed E-state index contributed by atoms with van der Waals surface area (Å²) in [5.41, 5.74) is 4.97. The van der Waals surface area contributed by atoms with E-state index in [2.05, 4.69) is 44.3 Å². The molecule has 11 heteroatoms. The summed E-state index contributed by atoms with van der Waals surface area (Å²) in [4.78, 5) is 20.2. The summed E-state index contributed by atoms with van der Waals surface area (Å²) in [5, 5.41) is 0. The van der Waals surface area contributed by atoms with Crippen LogP contribution in [-0.4, -0.2) is 58.6 Å². The minimum absolute atomic E-state index is 0.0912. The van der Waals surface area contributed by atoms with Gasteiger partial charge in [0, 0.05) is 49.1 Å². The Hall–Kier alpha value is -2.50. The number of hydrogen-bond donors (Lipinski definition) is 0. The molecule has 33 heavy (non-hydrogen) atoms. The Morgan fingerprint density at radius 2 is 1.79 bits per heavy atom. The lowest BCUT2D eigenvalue weighted by molar-refractivity contribution is -0.169. The molecule has 4 rings (SSSR count). The maximum absolute atomic E-state index is 12.5. The van der Waals surface area contributed by atoms with Crippen LogP contribution in [0, 0.1) is 0 Å². The number of benzene rings is 2. The molecule has 0 aliphatic carbocycles. The molecule has 1 saturated heterocycles. The molecule has 0 radical (unpaired) electrons. The highest BCUT2D eigenvalue weighted by Crippen LogP contribution is 2.28. The molecule has 0 spiro atoms. The van der Waals surface area contributed by atoms with Crippen LogP contribution in [0.4, 0.5) is 18.9 Å². The van der Waals surface area contributed by atoms with Gasteiger partial charge in [0.25, 0.3) is 0 Å². The second-order valence-electron chi connectivity index (χ2n) is 7.97. The predicted molar refractivity (Wildman–Crippen MR) is 124 cm³/mol. The maximum atomic E-state index is 12.5. The average Bonchev–Trinajstić information content (AvgIpc) is 3.26. The second kappa shape index (κ2) is 9.03. The first-order valence-corrected chi connectivity index (χ1v) is 13.1. The van der Waals surface area contributed by atoms with Crippen LogP contribution in [0.1, 0.15) is 18.5 Å². The molecule has 176 valence electrons. The number of carbonyl (C=O) groups excluding carboxylic acids is 1. The highest BCUT2D eigenvalue weighted by molar-refractivity contribution is 7.93. The number of hydrogen-bond acceptors (Lipinski definition) is 6. The third-order valence-electron chi connectivity index (χ3n) is 5.84. The van der Waals surface area contributed by atoms with E-state index in [-0.39, 0.29) is 10.9 Å². The number of fused-ring (bicyclic) bond motifs is 1. The fourth-order valence-electron chi connectivity index (χ4n) is 3.89. The Labute approximate surface area is 194 Å². The number of rotatable bonds is 4. The molecular weight excluding hydrogens is 473 g/mol. The topological polar surface area (TPSA) is 65.9 Å². The lowest BCUT2D eigenvalue weighted by Gasteiger charge is -2.39. The molecule has 0 bridgehead atoms. The second-order valence-corrected chi connectivity index (χ2v) is 11.1. The molecular formula is C22H23F3N4O2S2. The fraction of sp³-hybridized carbons (Fsp3) is 0.364. The van der Waals surface area contributed by atoms with Gasteiger partial charge in [-0.15, -0.1) is 15.7 Å². The van der Waals surface area contributed by atoms with Crippen LogP contribution in [-0.2, 0) is 14.5 Å². The molecule has 6 nitrogen and oxygen atoms in total. The Bertz CT molecular complexity index is 1270. The number of thiazole rings is 1. The molecule has 0 saturated carbocycles. The lowest BCUT2D eigenvalue weighted by Crippen LogP contribution is -2.47. The summed E-state index contributed by atoms with van der Waals surface area (Å²) in [6.07, 6.45) is -4.10. The van der Waals surface area contributed by atoms with Gasteiger partial charge in [-0.2, -0.15) is 13.2 Å². The number of amides is 1. The van der Waals surface area contributed by atoms with Gasteiger partial charge in [0.1, 0.15) is 0 Å². The highest BCUT2D eigenvalue weighted by atomic mass is 32.2. The zero-order valence-electron chi connectivity index (χ0n) is 18.1. The number of carbonyl (C=O) groups is 1. The quantitative estimate of drug-likeness (QED) is 0.523. The zero-order chi connectivity index (χ0) is 23.8. The summed E-state index contributed by atoms with van der Waals surface area (Å²) >= 11 is 1.63. The molecule has 1 amide bonds. The third-order valence-corrected chi connectivity index (χ3v) is 8.31. The summed E-state index contributed by atoms with van der Waals surface area (Å²) in [6.45, 7) is 5.43. The van der Waals surface area contributed by atoms with Crippen molar-refractivity contribution in [3.05, 3.63) is 53.5 Å². The standard InChI is InChI=1S/C22H23F3N4O2S2/c1-15(16-3-8-20-19(13-16)26-14-32-20)28-9-11-29(12-10-28)17-4-6-18(7-5-17)33(2,31)27-21(30)22(23,24)25/h3-8,13-15H,9-12H2,1-2H3. The van der Waals surface area contributed by atoms with Crippen molar-refractivity contribution in [3.63, 3.8) is 0 Å². The first kappa shape index (κ1) is 23.7. The van der Waals surface area contributed by atoms with Gasteiger partial charge in [0.2, 0.25) is 0 Å². The van der Waals surface area contributed by atoms with Crippen LogP contribution >= 0.6 is 11.3 Å². The van der Waals surface area contributed by atoms with Crippen molar-refractivity contribution < 1.29 is 22.2 Å². The first-order chi connectivity index (χ1) is 15.5. The third kappa shape index (κ3) is 5.20. The maximum Gasteiger partial charge on any atom is 0.474 e. The van der Waals surface area contributed by atoms with Crippen LogP contribution in [0.15, 0.2) is 57.2 Å². The number of alkyl halides is 3. The van der Waals surface area contributed by atoms with Crippen molar-refractivity contribution in [3.8, 4) is 0 Å². The minimum Gasteiger partial charge on any atom is -0.369 e. The predicted octanol–water partition coefficient (Wildman–Crippen LogP) is 4.73. The summed E-state index contributed by atoms with van der Waals surface area (Å²) in [5.74, 6) is -2.33. The van der Waals surface area contributed by atoms with Crippen molar-refractivity contribution in [2.24, 2.45) is 4.36 Å². The number of halogens is 3. The van der Waals surface area contributed by atoms with Crippen LogP contribution in [0.5, 0.6) is 0 Å². The van der Waals surface area contributed by atoms with Crippen LogP contribution in [0.25, 0.3) is 10.2 Å². The molecule has 1 fully saturated rings. The number of nitrogens with zero attached hydrogens (tertiary/aromatic N) is 4. The Morgan fingerprint density at radius 1 is 1.12 bits per heavy atom. The van der Waals surface area contributed by atoms with Gasteiger partial charge in [0.05, 0.1) is 25.5 Å². The van der Waals surface area contributed by atoms with E-state index in [9.17, 15) is 22.2 Å². The summed E-state index contributed by atoms with van der Waals surface area (Å²) < 4.78 is 54.0. The average molecular weight is 497 g/mol. The van der Waals surface area contributed by atoms with Gasteiger partial charge in [-0.1, -0.05) is 6.07 Å². The van der Waals surface area contributed by atoms with E-state index in [0.29, 0.717) is 0 Å². The van der Waals surface area contributed by atoms with Gasteiger partial charge in [-0.3, -0.25) is 9.69 Å². The summed E-state index contributed by atoms with van der Waals surface area (Å²) in [6, 6.07) is 13.0. The van der Waals surface area contributed by atoms with Gasteiger partial charge in [-0.05, 0) is 48.9 Å². The van der Waals surface area contributed by atoms with E-state index in [1.807, 2.05) is 5.51 Å². The molecule has 2 unspecified atom stereocenters. The Kier molecular flexibility index (Phi) is 6.47. The van der Waals surface area contributed by atoms with Gasteiger partial charge in [-0.25, -0.2) is 9.19 Å². The summed E-state index contributed by atoms with van der Waals surface area (Å²) in [7, 11) is -3.48. The van der Waals surface area contributed by atoms with Gasteiger partial charge < -0.3 is 4.90 Å². The SMILES string of the molecule is CC(c1ccc2scnc2c1)N1CCN(c2ccc(S(C)(=O)=NC(=O)C(F)(F)F)cc2)CC1. The van der Waals surface area contributed by atoms with Crippen molar-refractivity contribution in [2.75, 3.05) is 37.3 Å². The van der Waals surface area contributed by atoms with E-state index in [0.717, 1.165) is 43.6 Å². The van der Waals surface area contributed by atoms with Crippen LogP contribution < -0.4 is 4.90 Å². The molecule has 2 aromatic carbocycles. The van der Waals surface area contributed by atoms with Crippen LogP contribution in [0.3, 0.4) is 0 Å². The fourth-order valence-corrected chi connectivity index (χ4v) is 5.71. The van der Waals surface area contributed by atoms with E-state index in [1.54, 1.807) is 23.5 Å². The first-order valence-electron chi connectivity index (χ1n) is 10.3. The zero-order valence-corrected chi connectivity index (χ0v) is 19.7. The minimum atomic E-state index is -5.14. The van der Waals surface area contributed by atoms with Gasteiger partial charge in [0.15, 0.2) is 0 Å². The van der Waals surface area contributed by atoms with Crippen molar-refractivity contribution in [1.82, 2.24) is 9.88 Å². The molecule has 2 atom stereocenters. The van der Waals surface area contributed by atoms with E-state index in [4.69, 9.17) is 0 Å². The number of piperazine rings is 1. The van der Waals surface area contributed by atoms with E-state index in [1.165, 1.54) is 22.4 Å². The van der Waals surface area contributed by atoms with Gasteiger partial charge >= 0.3 is 12.1 Å². The normalized spacial score (nSPS) is 18.2.